The van der Waals surface area contributed by atoms with Crippen LogP contribution in [0.5, 0.6) is 0 Å². The van der Waals surface area contributed by atoms with E-state index in [4.69, 9.17) is 4.74 Å². The van der Waals surface area contributed by atoms with Gasteiger partial charge in [-0.1, -0.05) is 11.8 Å². The Hall–Kier alpha value is -1.38. The number of piperidine rings is 1. The van der Waals surface area contributed by atoms with E-state index in [0.717, 1.165) is 48.3 Å². The van der Waals surface area contributed by atoms with Gasteiger partial charge in [-0.15, -0.1) is 11.3 Å². The summed E-state index contributed by atoms with van der Waals surface area (Å²) in [5.41, 5.74) is 1.01. The summed E-state index contributed by atoms with van der Waals surface area (Å²) in [5, 5.41) is 2.02. The Labute approximate surface area is 156 Å². The molecule has 0 aliphatic carbocycles. The number of carbonyl (C=O) groups excluding carboxylic acids is 1. The molecule has 1 amide bonds. The van der Waals surface area contributed by atoms with Crippen LogP contribution in [0.3, 0.4) is 0 Å². The number of imidazole rings is 1. The van der Waals surface area contributed by atoms with Crippen molar-refractivity contribution in [2.45, 2.75) is 36.6 Å². The maximum atomic E-state index is 12.6. The van der Waals surface area contributed by atoms with Crippen molar-refractivity contribution in [3.63, 3.8) is 0 Å². The molecule has 1 fully saturated rings. The number of amides is 1. The lowest BCUT2D eigenvalue weighted by Gasteiger charge is -2.32. The number of thioether (sulfide) groups is 1. The van der Waals surface area contributed by atoms with Crippen LogP contribution < -0.4 is 0 Å². The average molecular weight is 381 g/mol. The quantitative estimate of drug-likeness (QED) is 0.691. The third kappa shape index (κ3) is 4.83. The molecule has 1 saturated heterocycles. The molecule has 1 atom stereocenters. The number of thiazole rings is 1. The molecule has 2 aromatic heterocycles. The highest BCUT2D eigenvalue weighted by molar-refractivity contribution is 8.01. The highest BCUT2D eigenvalue weighted by Gasteiger charge is 2.27. The van der Waals surface area contributed by atoms with E-state index in [1.807, 2.05) is 29.6 Å². The number of nitrogens with zero attached hydrogens (tertiary/aromatic N) is 4. The van der Waals surface area contributed by atoms with Gasteiger partial charge in [-0.3, -0.25) is 4.79 Å². The molecular weight excluding hydrogens is 356 g/mol. The van der Waals surface area contributed by atoms with Crippen molar-refractivity contribution in [1.29, 1.82) is 0 Å². The van der Waals surface area contributed by atoms with Gasteiger partial charge in [-0.2, -0.15) is 0 Å². The highest BCUT2D eigenvalue weighted by Crippen LogP contribution is 2.27. The standard InChI is InChI=1S/C17H24N4O2S2/c1-13-11-24-17(19-13)25-12-15(22)21-6-3-4-14(10-21)16-18-5-7-20(16)8-9-23-2/h5,7,11,14H,3-4,6,8-10,12H2,1-2H3/t14-/m1/s1. The summed E-state index contributed by atoms with van der Waals surface area (Å²) < 4.78 is 8.29. The van der Waals surface area contributed by atoms with Crippen LogP contribution in [0.1, 0.15) is 30.3 Å². The number of hydrogen-bond donors (Lipinski definition) is 0. The SMILES string of the molecule is COCCn1ccnc1[C@@H]1CCCN(C(=O)CSc2nc(C)cs2)C1. The van der Waals surface area contributed by atoms with E-state index >= 15 is 0 Å². The second-order valence-corrected chi connectivity index (χ2v) is 8.27. The van der Waals surface area contributed by atoms with E-state index in [-0.39, 0.29) is 5.91 Å². The van der Waals surface area contributed by atoms with Crippen molar-refractivity contribution in [1.82, 2.24) is 19.4 Å². The predicted octanol–water partition coefficient (Wildman–Crippen LogP) is 2.79. The number of aryl methyl sites for hydroxylation is 1. The van der Waals surface area contributed by atoms with E-state index < -0.39 is 0 Å². The molecule has 0 aromatic carbocycles. The topological polar surface area (TPSA) is 60.2 Å². The molecule has 0 spiro atoms. The summed E-state index contributed by atoms with van der Waals surface area (Å²) >= 11 is 3.14. The number of carbonyl (C=O) groups is 1. The highest BCUT2D eigenvalue weighted by atomic mass is 32.2. The largest absolute Gasteiger partial charge is 0.383 e. The van der Waals surface area contributed by atoms with Crippen LogP contribution >= 0.6 is 23.1 Å². The normalized spacial score (nSPS) is 17.8. The Morgan fingerprint density at radius 1 is 1.52 bits per heavy atom. The lowest BCUT2D eigenvalue weighted by Crippen LogP contribution is -2.40. The Kier molecular flexibility index (Phi) is 6.50. The zero-order chi connectivity index (χ0) is 17.6. The summed E-state index contributed by atoms with van der Waals surface area (Å²) in [5.74, 6) is 2.02. The second kappa shape index (κ2) is 8.82. The van der Waals surface area contributed by atoms with E-state index in [1.54, 1.807) is 18.4 Å². The maximum Gasteiger partial charge on any atom is 0.233 e. The third-order valence-corrected chi connectivity index (χ3v) is 6.46. The third-order valence-electron chi connectivity index (χ3n) is 4.34. The van der Waals surface area contributed by atoms with Gasteiger partial charge in [0.1, 0.15) is 5.82 Å². The molecule has 0 radical (unpaired) electrons. The summed E-state index contributed by atoms with van der Waals surface area (Å²) in [4.78, 5) is 23.5. The molecule has 3 heterocycles. The maximum absolute atomic E-state index is 12.6. The van der Waals surface area contributed by atoms with Crippen LogP contribution in [0.4, 0.5) is 0 Å². The molecule has 1 aliphatic heterocycles. The first kappa shape index (κ1) is 18.4. The van der Waals surface area contributed by atoms with Crippen LogP contribution in [0.15, 0.2) is 22.1 Å². The minimum Gasteiger partial charge on any atom is -0.383 e. The van der Waals surface area contributed by atoms with Crippen LogP contribution in [0.2, 0.25) is 0 Å². The molecule has 25 heavy (non-hydrogen) atoms. The monoisotopic (exact) mass is 380 g/mol. The minimum absolute atomic E-state index is 0.192. The average Bonchev–Trinajstić information content (AvgIpc) is 3.26. The van der Waals surface area contributed by atoms with Gasteiger partial charge in [-0.05, 0) is 19.8 Å². The first-order valence-corrected chi connectivity index (χ1v) is 10.4. The van der Waals surface area contributed by atoms with Gasteiger partial charge in [0, 0.05) is 56.1 Å². The van der Waals surface area contributed by atoms with Crippen molar-refractivity contribution in [3.8, 4) is 0 Å². The zero-order valence-electron chi connectivity index (χ0n) is 14.7. The number of ether oxygens (including phenoxy) is 1. The van der Waals surface area contributed by atoms with Crippen LogP contribution in [-0.2, 0) is 16.1 Å². The van der Waals surface area contributed by atoms with Gasteiger partial charge in [0.05, 0.1) is 12.4 Å². The molecular formula is C17H24N4O2S2. The minimum atomic E-state index is 0.192. The fourth-order valence-electron chi connectivity index (χ4n) is 3.09. The van der Waals surface area contributed by atoms with Crippen LogP contribution in [-0.4, -0.2) is 57.9 Å². The lowest BCUT2D eigenvalue weighted by atomic mass is 9.97. The second-order valence-electron chi connectivity index (χ2n) is 6.19. The van der Waals surface area contributed by atoms with Crippen molar-refractivity contribution in [3.05, 3.63) is 29.3 Å². The van der Waals surface area contributed by atoms with Gasteiger partial charge < -0.3 is 14.2 Å². The number of rotatable bonds is 7. The summed E-state index contributed by atoms with van der Waals surface area (Å²) in [7, 11) is 1.71. The zero-order valence-corrected chi connectivity index (χ0v) is 16.3. The summed E-state index contributed by atoms with van der Waals surface area (Å²) in [6, 6.07) is 0. The van der Waals surface area contributed by atoms with Gasteiger partial charge in [-0.25, -0.2) is 9.97 Å². The van der Waals surface area contributed by atoms with Gasteiger partial charge in [0.15, 0.2) is 4.34 Å². The summed E-state index contributed by atoms with van der Waals surface area (Å²) in [6.45, 7) is 5.04. The molecule has 0 unspecified atom stereocenters. The Morgan fingerprint density at radius 3 is 3.16 bits per heavy atom. The fourth-order valence-corrected chi connectivity index (χ4v) is 4.84. The van der Waals surface area contributed by atoms with E-state index in [1.165, 1.54) is 11.8 Å². The molecule has 0 bridgehead atoms. The van der Waals surface area contributed by atoms with Gasteiger partial charge >= 0.3 is 0 Å². The van der Waals surface area contributed by atoms with E-state index in [2.05, 4.69) is 14.5 Å². The Balaban J connectivity index is 1.57. The lowest BCUT2D eigenvalue weighted by molar-refractivity contribution is -0.129. The summed E-state index contributed by atoms with van der Waals surface area (Å²) in [6.07, 6.45) is 5.93. The molecule has 3 rings (SSSR count). The van der Waals surface area contributed by atoms with E-state index in [9.17, 15) is 4.79 Å². The first-order valence-electron chi connectivity index (χ1n) is 8.50. The van der Waals surface area contributed by atoms with Gasteiger partial charge in [0.2, 0.25) is 5.91 Å². The fraction of sp³-hybridized carbons (Fsp3) is 0.588. The number of aromatic nitrogens is 3. The van der Waals surface area contributed by atoms with Gasteiger partial charge in [0.25, 0.3) is 0 Å². The molecule has 2 aromatic rings. The molecule has 8 heteroatoms. The number of hydrogen-bond acceptors (Lipinski definition) is 6. The van der Waals surface area contributed by atoms with Crippen LogP contribution in [0, 0.1) is 6.92 Å². The number of methoxy groups -OCH3 is 1. The van der Waals surface area contributed by atoms with E-state index in [0.29, 0.717) is 18.3 Å². The Bertz CT molecular complexity index is 700. The molecule has 1 aliphatic rings. The van der Waals surface area contributed by atoms with Crippen molar-refractivity contribution < 1.29 is 9.53 Å². The predicted molar refractivity (Wildman–Crippen MR) is 100 cm³/mol. The smallest absolute Gasteiger partial charge is 0.233 e. The molecule has 6 nitrogen and oxygen atoms in total. The van der Waals surface area contributed by atoms with Crippen molar-refractivity contribution >= 4 is 29.0 Å². The number of likely N-dealkylation sites (tertiary alicyclic amines) is 1. The Morgan fingerprint density at radius 2 is 2.40 bits per heavy atom. The molecule has 136 valence electrons. The first-order chi connectivity index (χ1) is 12.2. The molecule has 0 saturated carbocycles. The van der Waals surface area contributed by atoms with Crippen molar-refractivity contribution in [2.24, 2.45) is 0 Å². The van der Waals surface area contributed by atoms with Crippen molar-refractivity contribution in [2.75, 3.05) is 32.6 Å². The molecule has 0 N–H and O–H groups in total. The van der Waals surface area contributed by atoms with Crippen LogP contribution in [0.25, 0.3) is 0 Å².